The third-order valence-electron chi connectivity index (χ3n) is 4.07. The van der Waals surface area contributed by atoms with E-state index in [1.165, 1.54) is 77.0 Å². The minimum atomic E-state index is -0.0976. The second-order valence-corrected chi connectivity index (χ2v) is 6.63. The highest BCUT2D eigenvalue weighted by atomic mass is 35.5. The minimum absolute atomic E-state index is 0.0976. The molecule has 0 radical (unpaired) electrons. The van der Waals surface area contributed by atoms with Crippen LogP contribution in [0.25, 0.3) is 0 Å². The number of hydrogen-bond donors (Lipinski definition) is 0. The van der Waals surface area contributed by atoms with Crippen molar-refractivity contribution in [2.75, 3.05) is 12.5 Å². The average Bonchev–Trinajstić information content (AvgIpc) is 2.53. The maximum atomic E-state index is 11.2. The predicted molar refractivity (Wildman–Crippen MR) is 96.6 cm³/mol. The van der Waals surface area contributed by atoms with Crippen LogP contribution in [0.3, 0.4) is 0 Å². The molecule has 0 aromatic heterocycles. The van der Waals surface area contributed by atoms with E-state index in [9.17, 15) is 4.79 Å². The van der Waals surface area contributed by atoms with Gasteiger partial charge in [-0.2, -0.15) is 0 Å². The summed E-state index contributed by atoms with van der Waals surface area (Å²) in [6, 6.07) is 0. The van der Waals surface area contributed by atoms with E-state index in [1.807, 2.05) is 0 Å². The van der Waals surface area contributed by atoms with E-state index in [0.29, 0.717) is 18.9 Å². The third-order valence-corrected chi connectivity index (χ3v) is 4.23. The van der Waals surface area contributed by atoms with Gasteiger partial charge in [0.15, 0.2) is 0 Å². The van der Waals surface area contributed by atoms with Crippen LogP contribution in [0.4, 0.5) is 0 Å². The Hall–Kier alpha value is -0.240. The highest BCUT2D eigenvalue weighted by Crippen LogP contribution is 2.13. The van der Waals surface area contributed by atoms with Gasteiger partial charge in [0.2, 0.25) is 0 Å². The van der Waals surface area contributed by atoms with Crippen molar-refractivity contribution in [2.24, 2.45) is 0 Å². The van der Waals surface area contributed by atoms with E-state index in [4.69, 9.17) is 16.3 Å². The van der Waals surface area contributed by atoms with Gasteiger partial charge in [-0.1, -0.05) is 90.4 Å². The smallest absolute Gasteiger partial charge is 0.305 e. The Morgan fingerprint density at radius 1 is 0.727 bits per heavy atom. The molecule has 3 heteroatoms. The molecule has 132 valence electrons. The zero-order valence-corrected chi connectivity index (χ0v) is 15.5. The Morgan fingerprint density at radius 2 is 1.14 bits per heavy atom. The topological polar surface area (TPSA) is 26.3 Å². The largest absolute Gasteiger partial charge is 0.464 e. The molecule has 0 aromatic carbocycles. The van der Waals surface area contributed by atoms with Gasteiger partial charge in [-0.25, -0.2) is 0 Å². The minimum Gasteiger partial charge on any atom is -0.464 e. The normalized spacial score (nSPS) is 10.8. The Kier molecular flexibility index (Phi) is 18.6. The first-order valence-electron chi connectivity index (χ1n) is 9.52. The van der Waals surface area contributed by atoms with E-state index < -0.39 is 0 Å². The lowest BCUT2D eigenvalue weighted by Gasteiger charge is -2.04. The summed E-state index contributed by atoms with van der Waals surface area (Å²) in [5, 5.41) is 0. The van der Waals surface area contributed by atoms with Gasteiger partial charge < -0.3 is 4.74 Å². The maximum Gasteiger partial charge on any atom is 0.305 e. The van der Waals surface area contributed by atoms with Crippen LogP contribution < -0.4 is 0 Å². The van der Waals surface area contributed by atoms with Crippen LogP contribution in [-0.2, 0) is 9.53 Å². The number of hydrogen-bond acceptors (Lipinski definition) is 2. The molecule has 0 fully saturated rings. The van der Waals surface area contributed by atoms with E-state index in [-0.39, 0.29) is 5.97 Å². The summed E-state index contributed by atoms with van der Waals surface area (Å²) in [6.45, 7) is 2.62. The summed E-state index contributed by atoms with van der Waals surface area (Å²) in [5.41, 5.74) is 0. The second-order valence-electron chi connectivity index (χ2n) is 6.26. The van der Waals surface area contributed by atoms with Crippen molar-refractivity contribution in [1.82, 2.24) is 0 Å². The van der Waals surface area contributed by atoms with Crippen molar-refractivity contribution in [3.05, 3.63) is 0 Å². The third kappa shape index (κ3) is 17.8. The number of esters is 1. The van der Waals surface area contributed by atoms with Gasteiger partial charge in [-0.05, 0) is 6.42 Å². The lowest BCUT2D eigenvalue weighted by Crippen LogP contribution is -2.06. The van der Waals surface area contributed by atoms with Crippen molar-refractivity contribution in [1.29, 1.82) is 0 Å². The average molecular weight is 333 g/mol. The molecule has 2 nitrogen and oxygen atoms in total. The van der Waals surface area contributed by atoms with Crippen LogP contribution in [0.2, 0.25) is 0 Å². The van der Waals surface area contributed by atoms with Gasteiger partial charge in [-0.15, -0.1) is 11.6 Å². The molecule has 0 saturated carbocycles. The quantitative estimate of drug-likeness (QED) is 0.169. The van der Waals surface area contributed by atoms with Crippen LogP contribution in [0, 0.1) is 0 Å². The molecule has 0 aliphatic carbocycles. The highest BCUT2D eigenvalue weighted by molar-refractivity contribution is 6.18. The van der Waals surface area contributed by atoms with Crippen molar-refractivity contribution in [3.63, 3.8) is 0 Å². The molecule has 0 amide bonds. The monoisotopic (exact) mass is 332 g/mol. The van der Waals surface area contributed by atoms with Crippen molar-refractivity contribution < 1.29 is 9.53 Å². The Balaban J connectivity index is 3.04. The van der Waals surface area contributed by atoms with Crippen molar-refractivity contribution in [2.45, 2.75) is 103 Å². The second kappa shape index (κ2) is 18.8. The molecule has 0 N–H and O–H groups in total. The lowest BCUT2D eigenvalue weighted by atomic mass is 10.0. The van der Waals surface area contributed by atoms with Crippen LogP contribution in [0.15, 0.2) is 0 Å². The number of ether oxygens (including phenoxy) is 1. The zero-order valence-electron chi connectivity index (χ0n) is 14.7. The summed E-state index contributed by atoms with van der Waals surface area (Å²) < 4.78 is 4.93. The molecule has 0 aliphatic heterocycles. The molecule has 0 unspecified atom stereocenters. The number of alkyl halides is 1. The number of halogens is 1. The molecule has 0 aromatic rings. The number of carbonyl (C=O) groups excluding carboxylic acids is 1. The number of carbonyl (C=O) groups is 1. The van der Waals surface area contributed by atoms with Crippen LogP contribution in [-0.4, -0.2) is 18.5 Å². The molecule has 0 heterocycles. The number of rotatable bonds is 17. The van der Waals surface area contributed by atoms with Crippen LogP contribution >= 0.6 is 11.6 Å². The fourth-order valence-corrected chi connectivity index (χ4v) is 2.77. The Labute approximate surface area is 143 Å². The number of unbranched alkanes of at least 4 members (excludes halogenated alkanes) is 13. The van der Waals surface area contributed by atoms with Gasteiger partial charge in [0.1, 0.15) is 6.61 Å². The molecule has 22 heavy (non-hydrogen) atoms. The molecular weight excluding hydrogens is 296 g/mol. The molecule has 0 spiro atoms. The SMILES string of the molecule is CCCCCCCCCCCCCCCCC(=O)OCCCl. The summed E-state index contributed by atoms with van der Waals surface area (Å²) in [6.07, 6.45) is 19.2. The van der Waals surface area contributed by atoms with E-state index >= 15 is 0 Å². The van der Waals surface area contributed by atoms with Gasteiger partial charge in [0, 0.05) is 6.42 Å². The van der Waals surface area contributed by atoms with Crippen molar-refractivity contribution >= 4 is 17.6 Å². The first-order chi connectivity index (χ1) is 10.8. The molecule has 0 aliphatic rings. The van der Waals surface area contributed by atoms with Crippen LogP contribution in [0.5, 0.6) is 0 Å². The summed E-state index contributed by atoms with van der Waals surface area (Å²) in [7, 11) is 0. The standard InChI is InChI=1S/C19H37ClO2/c1-2-3-4-5-6-7-8-9-10-11-12-13-14-15-16-19(21)22-18-17-20/h2-18H2,1H3. The lowest BCUT2D eigenvalue weighted by molar-refractivity contribution is -0.143. The predicted octanol–water partition coefficient (Wildman–Crippen LogP) is 6.64. The Morgan fingerprint density at radius 3 is 1.55 bits per heavy atom. The maximum absolute atomic E-state index is 11.2. The summed E-state index contributed by atoms with van der Waals surface area (Å²) in [4.78, 5) is 11.2. The zero-order chi connectivity index (χ0) is 16.3. The Bertz CT molecular complexity index is 231. The first kappa shape index (κ1) is 21.8. The van der Waals surface area contributed by atoms with E-state index in [1.54, 1.807) is 0 Å². The van der Waals surface area contributed by atoms with E-state index in [0.717, 1.165) is 12.8 Å². The van der Waals surface area contributed by atoms with Gasteiger partial charge >= 0.3 is 5.97 Å². The fraction of sp³-hybridized carbons (Fsp3) is 0.947. The van der Waals surface area contributed by atoms with Gasteiger partial charge in [0.25, 0.3) is 0 Å². The highest BCUT2D eigenvalue weighted by Gasteiger charge is 2.01. The summed E-state index contributed by atoms with van der Waals surface area (Å²) >= 11 is 5.46. The van der Waals surface area contributed by atoms with Gasteiger partial charge in [-0.3, -0.25) is 4.79 Å². The van der Waals surface area contributed by atoms with E-state index in [2.05, 4.69) is 6.92 Å². The molecule has 0 bridgehead atoms. The van der Waals surface area contributed by atoms with Gasteiger partial charge in [0.05, 0.1) is 5.88 Å². The molecular formula is C19H37ClO2. The molecule has 0 rings (SSSR count). The van der Waals surface area contributed by atoms with Crippen LogP contribution in [0.1, 0.15) is 103 Å². The first-order valence-corrected chi connectivity index (χ1v) is 10.1. The molecule has 0 saturated heterocycles. The molecule has 0 atom stereocenters. The van der Waals surface area contributed by atoms with Crippen molar-refractivity contribution in [3.8, 4) is 0 Å². The fourth-order valence-electron chi connectivity index (χ4n) is 2.69. The summed E-state index contributed by atoms with van der Waals surface area (Å²) in [5.74, 6) is 0.296.